The van der Waals surface area contributed by atoms with Crippen LogP contribution in [0.5, 0.6) is 11.5 Å². The molecule has 0 bridgehead atoms. The summed E-state index contributed by atoms with van der Waals surface area (Å²) >= 11 is 1.47. The third-order valence-corrected chi connectivity index (χ3v) is 6.20. The summed E-state index contributed by atoms with van der Waals surface area (Å²) in [6.45, 7) is 4.40. The fourth-order valence-corrected chi connectivity index (χ4v) is 5.00. The Morgan fingerprint density at radius 3 is 2.86 bits per heavy atom. The highest BCUT2D eigenvalue weighted by atomic mass is 32.1. The standard InChI is InChI=1S/C21H23NO5S/c1-3-25-21(24)18-13-9-8-12(2)10-17(13)28-20(18)22-19(23)16-11-26-14-6-4-5-7-15(14)27-16/h4-7,12,16H,3,8-11H2,1-2H3,(H,22,23). The van der Waals surface area contributed by atoms with Gasteiger partial charge in [-0.3, -0.25) is 4.79 Å². The molecule has 2 aromatic rings. The number of amides is 1. The number of nitrogens with one attached hydrogen (secondary N) is 1. The van der Waals surface area contributed by atoms with Gasteiger partial charge in [0.05, 0.1) is 12.2 Å². The Hall–Kier alpha value is -2.54. The summed E-state index contributed by atoms with van der Waals surface area (Å²) in [6.07, 6.45) is 1.99. The Morgan fingerprint density at radius 2 is 2.07 bits per heavy atom. The van der Waals surface area contributed by atoms with Crippen molar-refractivity contribution < 1.29 is 23.8 Å². The average Bonchev–Trinajstić information content (AvgIpc) is 3.04. The summed E-state index contributed by atoms with van der Waals surface area (Å²) in [5.41, 5.74) is 1.52. The largest absolute Gasteiger partial charge is 0.485 e. The molecule has 0 saturated carbocycles. The molecular weight excluding hydrogens is 378 g/mol. The van der Waals surface area contributed by atoms with Gasteiger partial charge < -0.3 is 19.5 Å². The number of para-hydroxylation sites is 2. The molecule has 0 spiro atoms. The van der Waals surface area contributed by atoms with Crippen molar-refractivity contribution in [2.24, 2.45) is 5.92 Å². The molecule has 1 amide bonds. The van der Waals surface area contributed by atoms with Crippen molar-refractivity contribution in [3.8, 4) is 11.5 Å². The Labute approximate surface area is 167 Å². The first kappa shape index (κ1) is 18.8. The lowest BCUT2D eigenvalue weighted by molar-refractivity contribution is -0.125. The predicted octanol–water partition coefficient (Wildman–Crippen LogP) is 3.83. The molecule has 28 heavy (non-hydrogen) atoms. The van der Waals surface area contributed by atoms with Crippen LogP contribution >= 0.6 is 11.3 Å². The van der Waals surface area contributed by atoms with Gasteiger partial charge in [0.2, 0.25) is 6.10 Å². The third-order valence-electron chi connectivity index (χ3n) is 5.03. The number of hydrogen-bond acceptors (Lipinski definition) is 6. The normalized spacial score (nSPS) is 20.2. The van der Waals surface area contributed by atoms with Gasteiger partial charge in [-0.25, -0.2) is 4.79 Å². The second-order valence-corrected chi connectivity index (χ2v) is 8.24. The molecule has 0 radical (unpaired) electrons. The minimum atomic E-state index is -0.775. The van der Waals surface area contributed by atoms with Crippen molar-refractivity contribution >= 4 is 28.2 Å². The fourth-order valence-electron chi connectivity index (χ4n) is 3.60. The maximum Gasteiger partial charge on any atom is 0.341 e. The van der Waals surface area contributed by atoms with Crippen LogP contribution in [0.3, 0.4) is 0 Å². The number of thiophene rings is 1. The molecule has 2 atom stereocenters. The van der Waals surface area contributed by atoms with Crippen LogP contribution < -0.4 is 14.8 Å². The van der Waals surface area contributed by atoms with Crippen LogP contribution in [0.15, 0.2) is 24.3 Å². The molecule has 1 aliphatic heterocycles. The highest BCUT2D eigenvalue weighted by Gasteiger charge is 2.32. The lowest BCUT2D eigenvalue weighted by Crippen LogP contribution is -2.40. The first-order valence-corrected chi connectivity index (χ1v) is 10.4. The lowest BCUT2D eigenvalue weighted by atomic mass is 9.88. The maximum atomic E-state index is 12.8. The topological polar surface area (TPSA) is 73.9 Å². The molecule has 0 fully saturated rings. The van der Waals surface area contributed by atoms with Gasteiger partial charge in [0.1, 0.15) is 11.6 Å². The third kappa shape index (κ3) is 3.58. The molecule has 1 aromatic heterocycles. The van der Waals surface area contributed by atoms with Gasteiger partial charge >= 0.3 is 5.97 Å². The summed E-state index contributed by atoms with van der Waals surface area (Å²) in [5.74, 6) is 1.03. The number of benzene rings is 1. The lowest BCUT2D eigenvalue weighted by Gasteiger charge is -2.25. The highest BCUT2D eigenvalue weighted by Crippen LogP contribution is 2.40. The summed E-state index contributed by atoms with van der Waals surface area (Å²) in [7, 11) is 0. The first-order chi connectivity index (χ1) is 13.6. The van der Waals surface area contributed by atoms with Gasteiger partial charge in [0.25, 0.3) is 5.91 Å². The van der Waals surface area contributed by atoms with Gasteiger partial charge in [-0.15, -0.1) is 11.3 Å². The quantitative estimate of drug-likeness (QED) is 0.789. The minimum Gasteiger partial charge on any atom is -0.485 e. The zero-order valence-corrected chi connectivity index (χ0v) is 16.8. The van der Waals surface area contributed by atoms with Crippen LogP contribution in [0, 0.1) is 5.92 Å². The molecule has 2 unspecified atom stereocenters. The molecule has 1 N–H and O–H groups in total. The van der Waals surface area contributed by atoms with E-state index in [2.05, 4.69) is 12.2 Å². The number of hydrogen-bond donors (Lipinski definition) is 1. The van der Waals surface area contributed by atoms with Crippen LogP contribution in [0.25, 0.3) is 0 Å². The zero-order valence-electron chi connectivity index (χ0n) is 15.9. The second-order valence-electron chi connectivity index (χ2n) is 7.13. The van der Waals surface area contributed by atoms with E-state index < -0.39 is 6.10 Å². The molecule has 4 rings (SSSR count). The van der Waals surface area contributed by atoms with Crippen molar-refractivity contribution in [1.29, 1.82) is 0 Å². The van der Waals surface area contributed by atoms with Crippen LogP contribution in [-0.2, 0) is 22.4 Å². The van der Waals surface area contributed by atoms with E-state index in [4.69, 9.17) is 14.2 Å². The number of esters is 1. The van der Waals surface area contributed by atoms with E-state index in [1.807, 2.05) is 12.1 Å². The molecule has 0 saturated heterocycles. The Balaban J connectivity index is 1.57. The van der Waals surface area contributed by atoms with Crippen molar-refractivity contribution in [2.75, 3.05) is 18.5 Å². The predicted molar refractivity (Wildman–Crippen MR) is 106 cm³/mol. The first-order valence-electron chi connectivity index (χ1n) is 9.57. The minimum absolute atomic E-state index is 0.125. The average molecular weight is 401 g/mol. The van der Waals surface area contributed by atoms with E-state index in [-0.39, 0.29) is 18.5 Å². The van der Waals surface area contributed by atoms with E-state index in [0.717, 1.165) is 29.7 Å². The number of carbonyl (C=O) groups excluding carboxylic acids is 2. The van der Waals surface area contributed by atoms with E-state index in [1.165, 1.54) is 11.3 Å². The summed E-state index contributed by atoms with van der Waals surface area (Å²) in [4.78, 5) is 26.6. The number of carbonyl (C=O) groups is 2. The molecule has 148 valence electrons. The molecule has 2 aliphatic rings. The molecule has 2 heterocycles. The molecular formula is C21H23NO5S. The number of fused-ring (bicyclic) bond motifs is 2. The van der Waals surface area contributed by atoms with Gasteiger partial charge in [-0.1, -0.05) is 19.1 Å². The van der Waals surface area contributed by atoms with Gasteiger partial charge in [-0.2, -0.15) is 0 Å². The number of ether oxygens (including phenoxy) is 3. The summed E-state index contributed by atoms with van der Waals surface area (Å²) in [5, 5.41) is 3.44. The second kappa shape index (κ2) is 7.83. The Bertz CT molecular complexity index is 906. The highest BCUT2D eigenvalue weighted by molar-refractivity contribution is 7.17. The van der Waals surface area contributed by atoms with Crippen molar-refractivity contribution in [2.45, 2.75) is 39.2 Å². The van der Waals surface area contributed by atoms with E-state index in [1.54, 1.807) is 19.1 Å². The van der Waals surface area contributed by atoms with Crippen molar-refractivity contribution in [3.63, 3.8) is 0 Å². The molecule has 1 aromatic carbocycles. The van der Waals surface area contributed by atoms with Crippen molar-refractivity contribution in [3.05, 3.63) is 40.3 Å². The van der Waals surface area contributed by atoms with Crippen LogP contribution in [0.4, 0.5) is 5.00 Å². The fraction of sp³-hybridized carbons (Fsp3) is 0.429. The number of rotatable bonds is 4. The van der Waals surface area contributed by atoms with Crippen LogP contribution in [0.2, 0.25) is 0 Å². The Morgan fingerprint density at radius 1 is 1.29 bits per heavy atom. The summed E-state index contributed by atoms with van der Waals surface area (Å²) in [6, 6.07) is 7.25. The smallest absolute Gasteiger partial charge is 0.341 e. The molecule has 1 aliphatic carbocycles. The Kier molecular flexibility index (Phi) is 5.26. The molecule has 6 nitrogen and oxygen atoms in total. The van der Waals surface area contributed by atoms with E-state index >= 15 is 0 Å². The van der Waals surface area contributed by atoms with Gasteiger partial charge in [-0.05, 0) is 49.8 Å². The maximum absolute atomic E-state index is 12.8. The monoisotopic (exact) mass is 401 g/mol. The SMILES string of the molecule is CCOC(=O)c1c(NC(=O)C2COc3ccccc3O2)sc2c1CCC(C)C2. The van der Waals surface area contributed by atoms with Crippen LogP contribution in [0.1, 0.15) is 41.1 Å². The van der Waals surface area contributed by atoms with Gasteiger partial charge in [0, 0.05) is 4.88 Å². The van der Waals surface area contributed by atoms with Crippen molar-refractivity contribution in [1.82, 2.24) is 0 Å². The van der Waals surface area contributed by atoms with Crippen LogP contribution in [-0.4, -0.2) is 31.2 Å². The number of anilines is 1. The molecule has 7 heteroatoms. The van der Waals surface area contributed by atoms with Gasteiger partial charge in [0.15, 0.2) is 11.5 Å². The zero-order chi connectivity index (χ0) is 19.7. The van der Waals surface area contributed by atoms with E-state index in [9.17, 15) is 9.59 Å². The summed E-state index contributed by atoms with van der Waals surface area (Å²) < 4.78 is 16.7. The van der Waals surface area contributed by atoms with E-state index in [0.29, 0.717) is 34.6 Å².